The number of piperidine rings is 1. The van der Waals surface area contributed by atoms with E-state index in [0.717, 1.165) is 31.6 Å². The van der Waals surface area contributed by atoms with Crippen molar-refractivity contribution in [3.8, 4) is 0 Å². The fourth-order valence-electron chi connectivity index (χ4n) is 3.31. The highest BCUT2D eigenvalue weighted by Gasteiger charge is 2.31. The molecule has 1 aromatic carbocycles. The van der Waals surface area contributed by atoms with Crippen LogP contribution >= 0.6 is 0 Å². The third-order valence-electron chi connectivity index (χ3n) is 4.62. The van der Waals surface area contributed by atoms with Crippen LogP contribution in [0.5, 0.6) is 0 Å². The van der Waals surface area contributed by atoms with Crippen LogP contribution in [0.15, 0.2) is 30.3 Å². The van der Waals surface area contributed by atoms with Gasteiger partial charge in [0.2, 0.25) is 5.91 Å². The highest BCUT2D eigenvalue weighted by atomic mass is 16.2. The van der Waals surface area contributed by atoms with Crippen molar-refractivity contribution in [2.24, 2.45) is 11.8 Å². The summed E-state index contributed by atoms with van der Waals surface area (Å²) in [5.41, 5.74) is 0.837. The molecule has 0 aliphatic carbocycles. The standard InChI is InChI=1S/C19H29N3O2/c1-4-15-13-22(19(24)20-14(2)3)11-10-16(15)12-18(23)21-17-8-6-5-7-9-17/h5-9,14-16H,4,10-13H2,1-3H3,(H,20,24)(H,21,23). The number of para-hydroxylation sites is 1. The lowest BCUT2D eigenvalue weighted by atomic mass is 9.81. The van der Waals surface area contributed by atoms with E-state index in [2.05, 4.69) is 17.6 Å². The second-order valence-corrected chi connectivity index (χ2v) is 6.89. The number of likely N-dealkylation sites (tertiary alicyclic amines) is 1. The van der Waals surface area contributed by atoms with Gasteiger partial charge in [0.25, 0.3) is 0 Å². The Morgan fingerprint density at radius 3 is 2.54 bits per heavy atom. The molecule has 0 spiro atoms. The summed E-state index contributed by atoms with van der Waals surface area (Å²) in [7, 11) is 0. The van der Waals surface area contributed by atoms with Crippen molar-refractivity contribution in [2.45, 2.75) is 46.1 Å². The van der Waals surface area contributed by atoms with E-state index in [9.17, 15) is 9.59 Å². The lowest BCUT2D eigenvalue weighted by Crippen LogP contribution is -2.49. The zero-order valence-electron chi connectivity index (χ0n) is 14.9. The van der Waals surface area contributed by atoms with Crippen LogP contribution in [-0.4, -0.2) is 36.0 Å². The first kappa shape index (κ1) is 18.3. The molecule has 0 aromatic heterocycles. The van der Waals surface area contributed by atoms with Crippen LogP contribution in [0, 0.1) is 11.8 Å². The van der Waals surface area contributed by atoms with E-state index in [1.165, 1.54) is 0 Å². The molecule has 1 fully saturated rings. The Hall–Kier alpha value is -2.04. The number of anilines is 1. The van der Waals surface area contributed by atoms with Crippen molar-refractivity contribution in [1.82, 2.24) is 10.2 Å². The highest BCUT2D eigenvalue weighted by Crippen LogP contribution is 2.29. The van der Waals surface area contributed by atoms with E-state index in [1.807, 2.05) is 49.1 Å². The molecular weight excluding hydrogens is 302 g/mol. The first-order valence-corrected chi connectivity index (χ1v) is 8.90. The largest absolute Gasteiger partial charge is 0.336 e. The maximum Gasteiger partial charge on any atom is 0.317 e. The van der Waals surface area contributed by atoms with Crippen molar-refractivity contribution < 1.29 is 9.59 Å². The molecule has 0 saturated carbocycles. The summed E-state index contributed by atoms with van der Waals surface area (Å²) in [5.74, 6) is 0.768. The number of carbonyl (C=O) groups excluding carboxylic acids is 2. The molecule has 0 radical (unpaired) electrons. The van der Waals surface area contributed by atoms with E-state index < -0.39 is 0 Å². The van der Waals surface area contributed by atoms with Gasteiger partial charge < -0.3 is 15.5 Å². The number of carbonyl (C=O) groups is 2. The Bertz CT molecular complexity index is 545. The number of nitrogens with one attached hydrogen (secondary N) is 2. The maximum atomic E-state index is 12.3. The van der Waals surface area contributed by atoms with Crippen molar-refractivity contribution in [3.05, 3.63) is 30.3 Å². The zero-order chi connectivity index (χ0) is 17.5. The predicted molar refractivity (Wildman–Crippen MR) is 96.8 cm³/mol. The third kappa shape index (κ3) is 5.25. The fraction of sp³-hybridized carbons (Fsp3) is 0.579. The molecule has 24 heavy (non-hydrogen) atoms. The normalized spacial score (nSPS) is 20.8. The number of urea groups is 1. The van der Waals surface area contributed by atoms with Crippen molar-refractivity contribution in [1.29, 1.82) is 0 Å². The molecule has 1 aromatic rings. The molecule has 1 aliphatic rings. The van der Waals surface area contributed by atoms with E-state index >= 15 is 0 Å². The quantitative estimate of drug-likeness (QED) is 0.868. The molecule has 1 heterocycles. The van der Waals surface area contributed by atoms with Gasteiger partial charge in [0.05, 0.1) is 0 Å². The highest BCUT2D eigenvalue weighted by molar-refractivity contribution is 5.90. The Morgan fingerprint density at radius 1 is 1.21 bits per heavy atom. The molecule has 2 unspecified atom stereocenters. The zero-order valence-corrected chi connectivity index (χ0v) is 14.9. The summed E-state index contributed by atoms with van der Waals surface area (Å²) in [6, 6.07) is 9.71. The summed E-state index contributed by atoms with van der Waals surface area (Å²) in [4.78, 5) is 26.4. The van der Waals surface area contributed by atoms with Crippen LogP contribution in [0.1, 0.15) is 40.0 Å². The molecule has 2 N–H and O–H groups in total. The lowest BCUT2D eigenvalue weighted by molar-refractivity contribution is -0.117. The van der Waals surface area contributed by atoms with Crippen LogP contribution in [0.2, 0.25) is 0 Å². The van der Waals surface area contributed by atoms with Gasteiger partial charge in [0, 0.05) is 31.2 Å². The minimum Gasteiger partial charge on any atom is -0.336 e. The molecule has 0 bridgehead atoms. The average Bonchev–Trinajstić information content (AvgIpc) is 2.55. The van der Waals surface area contributed by atoms with Gasteiger partial charge in [-0.2, -0.15) is 0 Å². The van der Waals surface area contributed by atoms with Crippen molar-refractivity contribution >= 4 is 17.6 Å². The van der Waals surface area contributed by atoms with Gasteiger partial charge in [-0.25, -0.2) is 4.79 Å². The smallest absolute Gasteiger partial charge is 0.317 e. The first-order chi connectivity index (χ1) is 11.5. The van der Waals surface area contributed by atoms with Crippen LogP contribution < -0.4 is 10.6 Å². The first-order valence-electron chi connectivity index (χ1n) is 8.90. The summed E-state index contributed by atoms with van der Waals surface area (Å²) < 4.78 is 0. The summed E-state index contributed by atoms with van der Waals surface area (Å²) in [5, 5.41) is 5.92. The minimum atomic E-state index is 0.00985. The van der Waals surface area contributed by atoms with Crippen molar-refractivity contribution in [3.63, 3.8) is 0 Å². The Kier molecular flexibility index (Phi) is 6.64. The Morgan fingerprint density at radius 2 is 1.92 bits per heavy atom. The molecular formula is C19H29N3O2. The average molecular weight is 331 g/mol. The number of nitrogens with zero attached hydrogens (tertiary/aromatic N) is 1. The van der Waals surface area contributed by atoms with Gasteiger partial charge in [-0.1, -0.05) is 31.5 Å². The minimum absolute atomic E-state index is 0.00985. The topological polar surface area (TPSA) is 61.4 Å². The third-order valence-corrected chi connectivity index (χ3v) is 4.62. The van der Waals surface area contributed by atoms with Crippen LogP contribution in [-0.2, 0) is 4.79 Å². The molecule has 2 rings (SSSR count). The van der Waals surface area contributed by atoms with Crippen molar-refractivity contribution in [2.75, 3.05) is 18.4 Å². The van der Waals surface area contributed by atoms with E-state index in [0.29, 0.717) is 18.3 Å². The molecule has 3 amide bonds. The number of benzene rings is 1. The Labute approximate surface area is 144 Å². The molecule has 5 heteroatoms. The summed E-state index contributed by atoms with van der Waals surface area (Å²) in [6.45, 7) is 7.53. The second-order valence-electron chi connectivity index (χ2n) is 6.89. The lowest BCUT2D eigenvalue weighted by Gasteiger charge is -2.38. The SMILES string of the molecule is CCC1CN(C(=O)NC(C)C)CCC1CC(=O)Nc1ccccc1. The number of hydrogen-bond acceptors (Lipinski definition) is 2. The van der Waals surface area contributed by atoms with Crippen LogP contribution in [0.4, 0.5) is 10.5 Å². The van der Waals surface area contributed by atoms with E-state index in [1.54, 1.807) is 0 Å². The van der Waals surface area contributed by atoms with Gasteiger partial charge >= 0.3 is 6.03 Å². The predicted octanol–water partition coefficient (Wildman–Crippen LogP) is 3.48. The molecule has 2 atom stereocenters. The monoisotopic (exact) mass is 331 g/mol. The van der Waals surface area contributed by atoms with Gasteiger partial charge in [-0.05, 0) is 44.2 Å². The molecule has 5 nitrogen and oxygen atoms in total. The van der Waals surface area contributed by atoms with E-state index in [4.69, 9.17) is 0 Å². The van der Waals surface area contributed by atoms with Gasteiger partial charge in [0.15, 0.2) is 0 Å². The Balaban J connectivity index is 1.88. The van der Waals surface area contributed by atoms with Gasteiger partial charge in [-0.3, -0.25) is 4.79 Å². The molecule has 1 saturated heterocycles. The number of hydrogen-bond donors (Lipinski definition) is 2. The summed E-state index contributed by atoms with van der Waals surface area (Å²) >= 11 is 0. The maximum absolute atomic E-state index is 12.3. The summed E-state index contributed by atoms with van der Waals surface area (Å²) in [6.07, 6.45) is 2.38. The number of rotatable bonds is 5. The molecule has 1 aliphatic heterocycles. The van der Waals surface area contributed by atoms with Gasteiger partial charge in [0.1, 0.15) is 0 Å². The van der Waals surface area contributed by atoms with Crippen LogP contribution in [0.25, 0.3) is 0 Å². The van der Waals surface area contributed by atoms with Crippen LogP contribution in [0.3, 0.4) is 0 Å². The van der Waals surface area contributed by atoms with Gasteiger partial charge in [-0.15, -0.1) is 0 Å². The second kappa shape index (κ2) is 8.71. The molecule has 132 valence electrons. The fourth-order valence-corrected chi connectivity index (χ4v) is 3.31. The van der Waals surface area contributed by atoms with E-state index in [-0.39, 0.29) is 18.0 Å². The number of amides is 3.